The Bertz CT molecular complexity index is 413. The standard InChI is InChI=1S/C16H25N3O/c17-16(19-15-9-5-2-6-10-15)18-11-14(12-20)13-7-3-1-4-8-13/h1,3-4,7-8,14-15,20H,2,5-6,9-12H2,(H3,17,18,19). The predicted octanol–water partition coefficient (Wildman–Crippen LogP) is 2.00. The number of rotatable bonds is 5. The van der Waals surface area contributed by atoms with Gasteiger partial charge in [0.15, 0.2) is 5.96 Å². The molecule has 1 aromatic rings. The highest BCUT2D eigenvalue weighted by molar-refractivity contribution is 5.78. The van der Waals surface area contributed by atoms with Gasteiger partial charge in [-0.25, -0.2) is 0 Å². The molecule has 4 nitrogen and oxygen atoms in total. The zero-order chi connectivity index (χ0) is 14.2. The Kier molecular flexibility index (Phi) is 5.87. The maximum Gasteiger partial charge on any atom is 0.188 e. The van der Waals surface area contributed by atoms with Crippen LogP contribution in [0.2, 0.25) is 0 Å². The van der Waals surface area contributed by atoms with Gasteiger partial charge in [0.25, 0.3) is 0 Å². The Morgan fingerprint density at radius 1 is 1.25 bits per heavy atom. The van der Waals surface area contributed by atoms with Crippen LogP contribution in [0.5, 0.6) is 0 Å². The van der Waals surface area contributed by atoms with Crippen molar-refractivity contribution in [3.8, 4) is 0 Å². The average Bonchev–Trinajstić information content (AvgIpc) is 2.50. The van der Waals surface area contributed by atoms with E-state index in [1.54, 1.807) is 0 Å². The second-order valence-electron chi connectivity index (χ2n) is 5.50. The summed E-state index contributed by atoms with van der Waals surface area (Å²) < 4.78 is 0. The Morgan fingerprint density at radius 2 is 1.95 bits per heavy atom. The second-order valence-corrected chi connectivity index (χ2v) is 5.50. The number of aliphatic imine (C=N–C) groups is 1. The normalized spacial score (nSPS) is 18.8. The number of aliphatic hydroxyl groups excluding tert-OH is 1. The van der Waals surface area contributed by atoms with Crippen molar-refractivity contribution in [1.29, 1.82) is 0 Å². The number of aliphatic hydroxyl groups is 1. The van der Waals surface area contributed by atoms with Crippen LogP contribution >= 0.6 is 0 Å². The van der Waals surface area contributed by atoms with Crippen LogP contribution in [-0.2, 0) is 0 Å². The Hall–Kier alpha value is -1.55. The fourth-order valence-corrected chi connectivity index (χ4v) is 2.70. The van der Waals surface area contributed by atoms with Crippen molar-refractivity contribution in [3.05, 3.63) is 35.9 Å². The van der Waals surface area contributed by atoms with Crippen molar-refractivity contribution in [3.63, 3.8) is 0 Å². The van der Waals surface area contributed by atoms with Crippen LogP contribution in [0.15, 0.2) is 35.3 Å². The molecule has 0 aromatic heterocycles. The lowest BCUT2D eigenvalue weighted by molar-refractivity contribution is 0.268. The summed E-state index contributed by atoms with van der Waals surface area (Å²) in [5.74, 6) is 0.522. The third kappa shape index (κ3) is 4.53. The van der Waals surface area contributed by atoms with E-state index in [2.05, 4.69) is 10.3 Å². The summed E-state index contributed by atoms with van der Waals surface area (Å²) in [5, 5.41) is 12.8. The zero-order valence-corrected chi connectivity index (χ0v) is 12.0. The van der Waals surface area contributed by atoms with Gasteiger partial charge in [0.1, 0.15) is 0 Å². The average molecular weight is 275 g/mol. The molecule has 110 valence electrons. The minimum Gasteiger partial charge on any atom is -0.396 e. The number of hydrogen-bond acceptors (Lipinski definition) is 2. The van der Waals surface area contributed by atoms with Gasteiger partial charge in [0, 0.05) is 12.0 Å². The van der Waals surface area contributed by atoms with Gasteiger partial charge in [-0.1, -0.05) is 49.6 Å². The topological polar surface area (TPSA) is 70.6 Å². The van der Waals surface area contributed by atoms with Gasteiger partial charge >= 0.3 is 0 Å². The van der Waals surface area contributed by atoms with E-state index in [1.165, 1.54) is 32.1 Å². The van der Waals surface area contributed by atoms with Crippen LogP contribution < -0.4 is 11.1 Å². The first kappa shape index (κ1) is 14.9. The molecule has 1 aromatic carbocycles. The minimum absolute atomic E-state index is 0.0166. The first-order valence-corrected chi connectivity index (χ1v) is 7.52. The van der Waals surface area contributed by atoms with E-state index in [9.17, 15) is 5.11 Å². The smallest absolute Gasteiger partial charge is 0.188 e. The molecule has 0 radical (unpaired) electrons. The molecule has 0 bridgehead atoms. The van der Waals surface area contributed by atoms with E-state index in [0.29, 0.717) is 18.5 Å². The molecule has 1 aliphatic rings. The van der Waals surface area contributed by atoms with Crippen molar-refractivity contribution < 1.29 is 5.11 Å². The monoisotopic (exact) mass is 275 g/mol. The van der Waals surface area contributed by atoms with Crippen LogP contribution in [0.25, 0.3) is 0 Å². The largest absolute Gasteiger partial charge is 0.396 e. The van der Waals surface area contributed by atoms with Gasteiger partial charge in [0.2, 0.25) is 0 Å². The molecule has 1 unspecified atom stereocenters. The van der Waals surface area contributed by atoms with E-state index in [0.717, 1.165) is 5.56 Å². The molecular formula is C16H25N3O. The predicted molar refractivity (Wildman–Crippen MR) is 82.8 cm³/mol. The zero-order valence-electron chi connectivity index (χ0n) is 12.0. The number of hydrogen-bond donors (Lipinski definition) is 3. The fraction of sp³-hybridized carbons (Fsp3) is 0.562. The third-order valence-electron chi connectivity index (χ3n) is 3.93. The van der Waals surface area contributed by atoms with E-state index < -0.39 is 0 Å². The maximum absolute atomic E-state index is 9.48. The first-order chi connectivity index (χ1) is 9.79. The molecule has 20 heavy (non-hydrogen) atoms. The molecule has 1 atom stereocenters. The van der Waals surface area contributed by atoms with E-state index in [-0.39, 0.29) is 12.5 Å². The van der Waals surface area contributed by atoms with Crippen LogP contribution in [0, 0.1) is 0 Å². The Balaban J connectivity index is 1.86. The molecule has 0 saturated heterocycles. The van der Waals surface area contributed by atoms with Gasteiger partial charge < -0.3 is 16.2 Å². The molecule has 1 aliphatic carbocycles. The summed E-state index contributed by atoms with van der Waals surface area (Å²) >= 11 is 0. The van der Waals surface area contributed by atoms with E-state index in [1.807, 2.05) is 30.3 Å². The summed E-state index contributed by atoms with van der Waals surface area (Å²) in [4.78, 5) is 4.39. The lowest BCUT2D eigenvalue weighted by Gasteiger charge is -2.23. The number of nitrogens with two attached hydrogens (primary N) is 1. The molecule has 0 aliphatic heterocycles. The third-order valence-corrected chi connectivity index (χ3v) is 3.93. The summed E-state index contributed by atoms with van der Waals surface area (Å²) in [5.41, 5.74) is 7.04. The lowest BCUT2D eigenvalue weighted by atomic mass is 9.96. The highest BCUT2D eigenvalue weighted by atomic mass is 16.3. The maximum atomic E-state index is 9.48. The van der Waals surface area contributed by atoms with Crippen LogP contribution in [-0.4, -0.2) is 30.3 Å². The quantitative estimate of drug-likeness (QED) is 0.568. The highest BCUT2D eigenvalue weighted by Crippen LogP contribution is 2.17. The SMILES string of the molecule is NC(=NCC(CO)c1ccccc1)NC1CCCCC1. The second kappa shape index (κ2) is 7.90. The number of nitrogens with one attached hydrogen (secondary N) is 1. The first-order valence-electron chi connectivity index (χ1n) is 7.52. The molecule has 0 heterocycles. The summed E-state index contributed by atoms with van der Waals surface area (Å²) in [6.07, 6.45) is 6.23. The number of benzene rings is 1. The van der Waals surface area contributed by atoms with Crippen molar-refractivity contribution in [2.45, 2.75) is 44.1 Å². The minimum atomic E-state index is 0.0166. The summed E-state index contributed by atoms with van der Waals surface area (Å²) in [6.45, 7) is 0.607. The molecule has 0 amide bonds. The summed E-state index contributed by atoms with van der Waals surface area (Å²) in [7, 11) is 0. The van der Waals surface area contributed by atoms with E-state index >= 15 is 0 Å². The Labute approximate surface area is 121 Å². The molecule has 1 fully saturated rings. The van der Waals surface area contributed by atoms with Crippen LogP contribution in [0.4, 0.5) is 0 Å². The van der Waals surface area contributed by atoms with Gasteiger partial charge in [-0.05, 0) is 18.4 Å². The van der Waals surface area contributed by atoms with E-state index in [4.69, 9.17) is 5.73 Å². The molecule has 4 heteroatoms. The molecule has 4 N–H and O–H groups in total. The van der Waals surface area contributed by atoms with Gasteiger partial charge in [-0.15, -0.1) is 0 Å². The van der Waals surface area contributed by atoms with Crippen molar-refractivity contribution >= 4 is 5.96 Å². The van der Waals surface area contributed by atoms with Crippen molar-refractivity contribution in [2.24, 2.45) is 10.7 Å². The van der Waals surface area contributed by atoms with Crippen molar-refractivity contribution in [1.82, 2.24) is 5.32 Å². The van der Waals surface area contributed by atoms with Gasteiger partial charge in [0.05, 0.1) is 13.2 Å². The van der Waals surface area contributed by atoms with Gasteiger partial charge in [-0.3, -0.25) is 4.99 Å². The van der Waals surface area contributed by atoms with Crippen LogP contribution in [0.3, 0.4) is 0 Å². The van der Waals surface area contributed by atoms with Crippen LogP contribution in [0.1, 0.15) is 43.6 Å². The van der Waals surface area contributed by atoms with Gasteiger partial charge in [-0.2, -0.15) is 0 Å². The molecule has 2 rings (SSSR count). The fourth-order valence-electron chi connectivity index (χ4n) is 2.70. The lowest BCUT2D eigenvalue weighted by Crippen LogP contribution is -2.41. The van der Waals surface area contributed by atoms with Crippen molar-refractivity contribution in [2.75, 3.05) is 13.2 Å². The number of nitrogens with zero attached hydrogens (tertiary/aromatic N) is 1. The molecular weight excluding hydrogens is 250 g/mol. The Morgan fingerprint density at radius 3 is 2.60 bits per heavy atom. The highest BCUT2D eigenvalue weighted by Gasteiger charge is 2.14. The molecule has 0 spiro atoms. The molecule has 1 saturated carbocycles. The summed E-state index contributed by atoms with van der Waals surface area (Å²) in [6, 6.07) is 10.4. The number of guanidine groups is 1.